The van der Waals surface area contributed by atoms with Crippen molar-refractivity contribution in [3.8, 4) is 45.3 Å². The SMILES string of the molecule is CC(C)(C)c1ccc(-c2cc3cc(Oc4ccccc4)cc4c5c(c6cc(Oc7ccccc7)cc2c6c34)C(C)(C)c2cc(N(c3ccccc3)c3ccccc3)ccc2-5)cc1. The van der Waals surface area contributed by atoms with E-state index in [4.69, 9.17) is 9.47 Å². The van der Waals surface area contributed by atoms with Gasteiger partial charge in [0.2, 0.25) is 0 Å². The number of para-hydroxylation sites is 4. The van der Waals surface area contributed by atoms with Crippen LogP contribution >= 0.6 is 0 Å². The molecule has 0 saturated heterocycles. The Balaban J connectivity index is 1.22. The van der Waals surface area contributed by atoms with Gasteiger partial charge in [-0.15, -0.1) is 0 Å². The Morgan fingerprint density at radius 2 is 0.968 bits per heavy atom. The molecule has 0 unspecified atom stereocenters. The van der Waals surface area contributed by atoms with Gasteiger partial charge in [0.15, 0.2) is 0 Å². The number of rotatable bonds is 8. The van der Waals surface area contributed by atoms with Crippen LogP contribution in [0.4, 0.5) is 17.1 Å². The Labute approximate surface area is 363 Å². The van der Waals surface area contributed by atoms with Crippen molar-refractivity contribution in [2.24, 2.45) is 0 Å². The lowest BCUT2D eigenvalue weighted by atomic mass is 9.77. The molecular weight excluding hydrogens is 755 g/mol. The highest BCUT2D eigenvalue weighted by atomic mass is 16.5. The molecule has 0 aliphatic heterocycles. The van der Waals surface area contributed by atoms with Crippen molar-refractivity contribution < 1.29 is 9.47 Å². The van der Waals surface area contributed by atoms with Crippen molar-refractivity contribution in [1.82, 2.24) is 0 Å². The summed E-state index contributed by atoms with van der Waals surface area (Å²) in [5.74, 6) is 3.25. The molecule has 10 aromatic carbocycles. The fourth-order valence-electron chi connectivity index (χ4n) is 9.85. The molecule has 300 valence electrons. The maximum atomic E-state index is 6.79. The second-order valence-electron chi connectivity index (χ2n) is 18.2. The van der Waals surface area contributed by atoms with Crippen molar-refractivity contribution in [1.29, 1.82) is 0 Å². The van der Waals surface area contributed by atoms with Gasteiger partial charge in [0.1, 0.15) is 23.0 Å². The van der Waals surface area contributed by atoms with Gasteiger partial charge in [-0.1, -0.05) is 138 Å². The third-order valence-electron chi connectivity index (χ3n) is 12.8. The zero-order valence-electron chi connectivity index (χ0n) is 35.7. The van der Waals surface area contributed by atoms with Crippen LogP contribution in [0.25, 0.3) is 54.6 Å². The third-order valence-corrected chi connectivity index (χ3v) is 12.8. The predicted octanol–water partition coefficient (Wildman–Crippen LogP) is 16.9. The summed E-state index contributed by atoms with van der Waals surface area (Å²) in [4.78, 5) is 2.36. The van der Waals surface area contributed by atoms with Gasteiger partial charge in [0.05, 0.1) is 0 Å². The van der Waals surface area contributed by atoms with Crippen LogP contribution in [-0.4, -0.2) is 0 Å². The lowest BCUT2D eigenvalue weighted by Crippen LogP contribution is -2.17. The van der Waals surface area contributed by atoms with Crippen LogP contribution in [0.5, 0.6) is 23.0 Å². The topological polar surface area (TPSA) is 21.7 Å². The summed E-state index contributed by atoms with van der Waals surface area (Å²) in [7, 11) is 0. The predicted molar refractivity (Wildman–Crippen MR) is 260 cm³/mol. The molecule has 3 heteroatoms. The van der Waals surface area contributed by atoms with E-state index < -0.39 is 0 Å². The number of hydrogen-bond donors (Lipinski definition) is 0. The minimum Gasteiger partial charge on any atom is -0.457 e. The number of ether oxygens (including phenoxy) is 2. The number of nitrogens with zero attached hydrogens (tertiary/aromatic N) is 1. The van der Waals surface area contributed by atoms with Crippen LogP contribution in [-0.2, 0) is 10.8 Å². The quantitative estimate of drug-likeness (QED) is 0.143. The van der Waals surface area contributed by atoms with E-state index in [1.54, 1.807) is 0 Å². The van der Waals surface area contributed by atoms with E-state index >= 15 is 0 Å². The standard InChI is InChI=1S/C59H47NO2/c1-58(2,3)40-28-26-38(27-29-40)49-33-39-32-46(61-44-22-14-8-15-23-44)36-51-54(39)55-50(49)35-47(62-45-24-16-9-17-25-45)37-52(55)57-56(51)48-31-30-43(34-53(48)59(57,4)5)60(41-18-10-6-11-19-41)42-20-12-7-13-21-42/h6-37H,1-5H3. The van der Waals surface area contributed by atoms with E-state index in [2.05, 4.69) is 173 Å². The summed E-state index contributed by atoms with van der Waals surface area (Å²) >= 11 is 0. The van der Waals surface area contributed by atoms with Crippen LogP contribution < -0.4 is 14.4 Å². The Kier molecular flexibility index (Phi) is 8.73. The summed E-state index contributed by atoms with van der Waals surface area (Å²) in [6.45, 7) is 11.6. The molecule has 1 aliphatic rings. The van der Waals surface area contributed by atoms with Crippen LogP contribution in [0, 0.1) is 0 Å². The fourth-order valence-corrected chi connectivity index (χ4v) is 9.85. The highest BCUT2D eigenvalue weighted by Crippen LogP contribution is 2.59. The summed E-state index contributed by atoms with van der Waals surface area (Å²) in [5, 5.41) is 7.18. The molecule has 0 saturated carbocycles. The number of fused-ring (bicyclic) bond motifs is 5. The Hall–Kier alpha value is -7.36. The van der Waals surface area contributed by atoms with Gasteiger partial charge in [0.25, 0.3) is 0 Å². The molecule has 0 atom stereocenters. The van der Waals surface area contributed by atoms with Crippen LogP contribution in [0.1, 0.15) is 51.3 Å². The first kappa shape index (κ1) is 37.6. The molecule has 0 radical (unpaired) electrons. The average molecular weight is 802 g/mol. The van der Waals surface area contributed by atoms with Crippen molar-refractivity contribution >= 4 is 49.4 Å². The van der Waals surface area contributed by atoms with Gasteiger partial charge >= 0.3 is 0 Å². The van der Waals surface area contributed by atoms with Gasteiger partial charge < -0.3 is 14.4 Å². The molecular formula is C59H47NO2. The van der Waals surface area contributed by atoms with E-state index in [1.807, 2.05) is 60.7 Å². The molecule has 0 heterocycles. The molecule has 10 aromatic rings. The number of hydrogen-bond acceptors (Lipinski definition) is 3. The lowest BCUT2D eigenvalue weighted by Gasteiger charge is -2.28. The minimum atomic E-state index is -0.386. The zero-order valence-corrected chi connectivity index (χ0v) is 35.7. The molecule has 0 amide bonds. The summed E-state index contributed by atoms with van der Waals surface area (Å²) in [6.07, 6.45) is 0. The molecule has 3 nitrogen and oxygen atoms in total. The number of benzene rings is 10. The van der Waals surface area contributed by atoms with Crippen LogP contribution in [0.15, 0.2) is 194 Å². The van der Waals surface area contributed by atoms with Gasteiger partial charge in [0, 0.05) is 22.5 Å². The summed E-state index contributed by atoms with van der Waals surface area (Å²) in [5.41, 5.74) is 11.7. The van der Waals surface area contributed by atoms with Crippen molar-refractivity contribution in [2.45, 2.75) is 45.4 Å². The van der Waals surface area contributed by atoms with Crippen molar-refractivity contribution in [3.05, 3.63) is 211 Å². The van der Waals surface area contributed by atoms with Gasteiger partial charge in [-0.2, -0.15) is 0 Å². The van der Waals surface area contributed by atoms with E-state index in [9.17, 15) is 0 Å². The van der Waals surface area contributed by atoms with Gasteiger partial charge in [-0.25, -0.2) is 0 Å². The molecule has 0 N–H and O–H groups in total. The van der Waals surface area contributed by atoms with Crippen LogP contribution in [0.3, 0.4) is 0 Å². The highest BCUT2D eigenvalue weighted by Gasteiger charge is 2.40. The molecule has 0 spiro atoms. The summed E-state index contributed by atoms with van der Waals surface area (Å²) in [6, 6.07) is 69.2. The Morgan fingerprint density at radius 3 is 1.55 bits per heavy atom. The fraction of sp³-hybridized carbons (Fsp3) is 0.119. The highest BCUT2D eigenvalue weighted by molar-refractivity contribution is 6.31. The second-order valence-corrected chi connectivity index (χ2v) is 18.2. The van der Waals surface area contributed by atoms with E-state index in [-0.39, 0.29) is 10.8 Å². The number of anilines is 3. The first-order valence-electron chi connectivity index (χ1n) is 21.6. The van der Waals surface area contributed by atoms with Crippen molar-refractivity contribution in [2.75, 3.05) is 4.90 Å². The van der Waals surface area contributed by atoms with E-state index in [1.165, 1.54) is 60.3 Å². The maximum absolute atomic E-state index is 6.79. The maximum Gasteiger partial charge on any atom is 0.128 e. The Morgan fingerprint density at radius 1 is 0.435 bits per heavy atom. The molecule has 62 heavy (non-hydrogen) atoms. The molecule has 0 bridgehead atoms. The van der Waals surface area contributed by atoms with Gasteiger partial charge in [-0.3, -0.25) is 0 Å². The lowest BCUT2D eigenvalue weighted by molar-refractivity contribution is 0.483. The third kappa shape index (κ3) is 6.27. The smallest absolute Gasteiger partial charge is 0.128 e. The molecule has 1 aliphatic carbocycles. The second kappa shape index (κ2) is 14.4. The summed E-state index contributed by atoms with van der Waals surface area (Å²) < 4.78 is 13.5. The first-order chi connectivity index (χ1) is 30.1. The van der Waals surface area contributed by atoms with Crippen molar-refractivity contribution in [3.63, 3.8) is 0 Å². The molecule has 0 aromatic heterocycles. The Bertz CT molecular complexity index is 3220. The monoisotopic (exact) mass is 801 g/mol. The zero-order chi connectivity index (χ0) is 42.2. The first-order valence-corrected chi connectivity index (χ1v) is 21.6. The molecule has 11 rings (SSSR count). The average Bonchev–Trinajstić information content (AvgIpc) is 3.53. The van der Waals surface area contributed by atoms with Crippen LogP contribution in [0.2, 0.25) is 0 Å². The largest absolute Gasteiger partial charge is 0.457 e. The molecule has 0 fully saturated rings. The van der Waals surface area contributed by atoms with E-state index in [0.29, 0.717) is 0 Å². The minimum absolute atomic E-state index is 0.0400. The normalized spacial score (nSPS) is 13.0. The van der Waals surface area contributed by atoms with E-state index in [0.717, 1.165) is 51.0 Å². The van der Waals surface area contributed by atoms with Gasteiger partial charge in [-0.05, 0) is 168 Å².